The van der Waals surface area contributed by atoms with Crippen molar-refractivity contribution in [1.29, 1.82) is 0 Å². The molecule has 2 atom stereocenters. The molecule has 0 aromatic heterocycles. The molecule has 0 radical (unpaired) electrons. The first-order chi connectivity index (χ1) is 9.79. The van der Waals surface area contributed by atoms with Crippen molar-refractivity contribution in [3.8, 4) is 0 Å². The molecule has 0 spiro atoms. The fourth-order valence-corrected chi connectivity index (χ4v) is 4.34. The van der Waals surface area contributed by atoms with Crippen molar-refractivity contribution in [3.05, 3.63) is 29.8 Å². The number of rotatable bonds is 4. The number of nitrogens with zero attached hydrogens (tertiary/aromatic N) is 1. The molecule has 118 valence electrons. The number of hydrogen-bond acceptors (Lipinski definition) is 3. The third kappa shape index (κ3) is 4.05. The SMILES string of the molecule is CC(C)Cc1ccc(S(=O)(=O)N2C[C@@H](C)O[C@H](C)C2)cc1. The van der Waals surface area contributed by atoms with Gasteiger partial charge < -0.3 is 4.74 Å². The van der Waals surface area contributed by atoms with E-state index in [4.69, 9.17) is 4.74 Å². The zero-order valence-corrected chi connectivity index (χ0v) is 14.1. The van der Waals surface area contributed by atoms with Crippen LogP contribution in [0, 0.1) is 5.92 Å². The highest BCUT2D eigenvalue weighted by molar-refractivity contribution is 7.89. The van der Waals surface area contributed by atoms with Crippen LogP contribution in [0.3, 0.4) is 0 Å². The van der Waals surface area contributed by atoms with Crippen LogP contribution in [0.1, 0.15) is 33.3 Å². The molecule has 1 heterocycles. The van der Waals surface area contributed by atoms with E-state index in [0.29, 0.717) is 23.9 Å². The van der Waals surface area contributed by atoms with Crippen LogP contribution in [0.15, 0.2) is 29.2 Å². The van der Waals surface area contributed by atoms with Gasteiger partial charge >= 0.3 is 0 Å². The smallest absolute Gasteiger partial charge is 0.243 e. The van der Waals surface area contributed by atoms with Gasteiger partial charge in [0.25, 0.3) is 0 Å². The summed E-state index contributed by atoms with van der Waals surface area (Å²) in [6, 6.07) is 7.27. The summed E-state index contributed by atoms with van der Waals surface area (Å²) >= 11 is 0. The molecule has 0 unspecified atom stereocenters. The number of benzene rings is 1. The van der Waals surface area contributed by atoms with Gasteiger partial charge in [0.2, 0.25) is 10.0 Å². The first kappa shape index (κ1) is 16.5. The van der Waals surface area contributed by atoms with E-state index < -0.39 is 10.0 Å². The van der Waals surface area contributed by atoms with Gasteiger partial charge in [0.15, 0.2) is 0 Å². The van der Waals surface area contributed by atoms with Gasteiger partial charge in [-0.3, -0.25) is 0 Å². The molecule has 1 aromatic rings. The van der Waals surface area contributed by atoms with Crippen molar-refractivity contribution < 1.29 is 13.2 Å². The van der Waals surface area contributed by atoms with Gasteiger partial charge in [-0.25, -0.2) is 8.42 Å². The van der Waals surface area contributed by atoms with E-state index in [1.807, 2.05) is 26.0 Å². The number of morpholine rings is 1. The second kappa shape index (κ2) is 6.46. The summed E-state index contributed by atoms with van der Waals surface area (Å²) in [5.41, 5.74) is 1.17. The van der Waals surface area contributed by atoms with Gasteiger partial charge in [-0.15, -0.1) is 0 Å². The number of hydrogen-bond donors (Lipinski definition) is 0. The Morgan fingerprint density at radius 3 is 2.14 bits per heavy atom. The molecule has 0 aliphatic carbocycles. The van der Waals surface area contributed by atoms with Crippen LogP contribution in [0.5, 0.6) is 0 Å². The van der Waals surface area contributed by atoms with Crippen LogP contribution < -0.4 is 0 Å². The average Bonchev–Trinajstić information content (AvgIpc) is 2.37. The maximum Gasteiger partial charge on any atom is 0.243 e. The second-order valence-electron chi connectivity index (χ2n) is 6.32. The molecule has 1 aromatic carbocycles. The zero-order chi connectivity index (χ0) is 15.6. The Labute approximate surface area is 128 Å². The van der Waals surface area contributed by atoms with Gasteiger partial charge in [-0.05, 0) is 43.9 Å². The van der Waals surface area contributed by atoms with Crippen molar-refractivity contribution in [2.24, 2.45) is 5.92 Å². The van der Waals surface area contributed by atoms with Crippen LogP contribution in [-0.4, -0.2) is 38.0 Å². The highest BCUT2D eigenvalue weighted by Crippen LogP contribution is 2.22. The van der Waals surface area contributed by atoms with E-state index in [1.165, 1.54) is 9.87 Å². The van der Waals surface area contributed by atoms with E-state index in [2.05, 4.69) is 13.8 Å². The van der Waals surface area contributed by atoms with Gasteiger partial charge in [0.1, 0.15) is 0 Å². The van der Waals surface area contributed by atoms with Gasteiger partial charge in [0, 0.05) is 13.1 Å². The number of sulfonamides is 1. The molecule has 0 saturated carbocycles. The average molecular weight is 311 g/mol. The van der Waals surface area contributed by atoms with E-state index in [1.54, 1.807) is 12.1 Å². The third-order valence-electron chi connectivity index (χ3n) is 3.59. The lowest BCUT2D eigenvalue weighted by Gasteiger charge is -2.34. The molecule has 4 nitrogen and oxygen atoms in total. The third-order valence-corrected chi connectivity index (χ3v) is 5.44. The standard InChI is InChI=1S/C16H25NO3S/c1-12(2)9-15-5-7-16(8-6-15)21(18,19)17-10-13(3)20-14(4)11-17/h5-8,12-14H,9-11H2,1-4H3/t13-,14-/m1/s1. The molecule has 1 aliphatic rings. The molecule has 1 saturated heterocycles. The fourth-order valence-electron chi connectivity index (χ4n) is 2.74. The topological polar surface area (TPSA) is 46.6 Å². The lowest BCUT2D eigenvalue weighted by atomic mass is 10.0. The summed E-state index contributed by atoms with van der Waals surface area (Å²) in [5.74, 6) is 0.563. The second-order valence-corrected chi connectivity index (χ2v) is 8.26. The van der Waals surface area contributed by atoms with Crippen molar-refractivity contribution in [2.75, 3.05) is 13.1 Å². The van der Waals surface area contributed by atoms with Gasteiger partial charge in [0.05, 0.1) is 17.1 Å². The molecule has 5 heteroatoms. The molecule has 2 rings (SSSR count). The summed E-state index contributed by atoms with van der Waals surface area (Å²) < 4.78 is 32.5. The van der Waals surface area contributed by atoms with Crippen molar-refractivity contribution in [1.82, 2.24) is 4.31 Å². The summed E-state index contributed by atoms with van der Waals surface area (Å²) in [4.78, 5) is 0.372. The maximum atomic E-state index is 12.7. The molecule has 1 fully saturated rings. The van der Waals surface area contributed by atoms with Gasteiger partial charge in [-0.1, -0.05) is 26.0 Å². The first-order valence-corrected chi connectivity index (χ1v) is 8.97. The molecule has 0 N–H and O–H groups in total. The van der Waals surface area contributed by atoms with Crippen molar-refractivity contribution in [3.63, 3.8) is 0 Å². The first-order valence-electron chi connectivity index (χ1n) is 7.53. The van der Waals surface area contributed by atoms with Crippen LogP contribution in [0.4, 0.5) is 0 Å². The Hall–Kier alpha value is -0.910. The van der Waals surface area contributed by atoms with Crippen LogP contribution in [-0.2, 0) is 21.2 Å². The lowest BCUT2D eigenvalue weighted by molar-refractivity contribution is -0.0440. The normalized spacial score (nSPS) is 24.4. The number of ether oxygens (including phenoxy) is 1. The molecule has 0 bridgehead atoms. The van der Waals surface area contributed by atoms with E-state index in [0.717, 1.165) is 6.42 Å². The molecular weight excluding hydrogens is 286 g/mol. The summed E-state index contributed by atoms with van der Waals surface area (Å²) in [5, 5.41) is 0. The Kier molecular flexibility index (Phi) is 5.07. The zero-order valence-electron chi connectivity index (χ0n) is 13.2. The fraction of sp³-hybridized carbons (Fsp3) is 0.625. The quantitative estimate of drug-likeness (QED) is 0.859. The maximum absolute atomic E-state index is 12.7. The molecular formula is C16H25NO3S. The molecule has 21 heavy (non-hydrogen) atoms. The summed E-state index contributed by atoms with van der Waals surface area (Å²) in [6.45, 7) is 8.96. The minimum atomic E-state index is -3.42. The Bertz CT molecular complexity index is 556. The summed E-state index contributed by atoms with van der Waals surface area (Å²) in [7, 11) is -3.42. The lowest BCUT2D eigenvalue weighted by Crippen LogP contribution is -2.48. The van der Waals surface area contributed by atoms with E-state index >= 15 is 0 Å². The van der Waals surface area contributed by atoms with E-state index in [9.17, 15) is 8.42 Å². The predicted octanol–water partition coefficient (Wildman–Crippen LogP) is 2.68. The van der Waals surface area contributed by atoms with Crippen LogP contribution in [0.2, 0.25) is 0 Å². The van der Waals surface area contributed by atoms with Gasteiger partial charge in [-0.2, -0.15) is 4.31 Å². The largest absolute Gasteiger partial charge is 0.373 e. The summed E-state index contributed by atoms with van der Waals surface area (Å²) in [6.07, 6.45) is 0.832. The van der Waals surface area contributed by atoms with Crippen molar-refractivity contribution in [2.45, 2.75) is 51.2 Å². The Morgan fingerprint density at radius 2 is 1.67 bits per heavy atom. The molecule has 1 aliphatic heterocycles. The minimum Gasteiger partial charge on any atom is -0.373 e. The Balaban J connectivity index is 2.19. The Morgan fingerprint density at radius 1 is 1.14 bits per heavy atom. The highest BCUT2D eigenvalue weighted by Gasteiger charge is 2.32. The van der Waals surface area contributed by atoms with E-state index in [-0.39, 0.29) is 12.2 Å². The highest BCUT2D eigenvalue weighted by atomic mass is 32.2. The van der Waals surface area contributed by atoms with Crippen LogP contribution in [0.25, 0.3) is 0 Å². The molecule has 0 amide bonds. The predicted molar refractivity (Wildman–Crippen MR) is 83.8 cm³/mol. The van der Waals surface area contributed by atoms with Crippen LogP contribution >= 0.6 is 0 Å². The minimum absolute atomic E-state index is 0.0660. The monoisotopic (exact) mass is 311 g/mol. The van der Waals surface area contributed by atoms with Crippen molar-refractivity contribution >= 4 is 10.0 Å².